The molecule has 1 atom stereocenters. The van der Waals surface area contributed by atoms with E-state index in [4.69, 9.17) is 15.2 Å². The van der Waals surface area contributed by atoms with Gasteiger partial charge in [0.2, 0.25) is 0 Å². The maximum absolute atomic E-state index is 12.1. The van der Waals surface area contributed by atoms with Crippen LogP contribution in [0.4, 0.5) is 4.39 Å². The molecule has 1 rings (SSSR count). The Morgan fingerprint density at radius 3 is 2.75 bits per heavy atom. The molecular formula is C12H18FNO2. The molecule has 1 aromatic rings. The minimum atomic E-state index is -0.505. The molecule has 90 valence electrons. The van der Waals surface area contributed by atoms with Gasteiger partial charge in [0.15, 0.2) is 0 Å². The summed E-state index contributed by atoms with van der Waals surface area (Å²) in [5.41, 5.74) is 6.71. The van der Waals surface area contributed by atoms with Crippen LogP contribution in [0.5, 0.6) is 11.5 Å². The topological polar surface area (TPSA) is 44.5 Å². The second-order valence-corrected chi connectivity index (χ2v) is 3.69. The number of rotatable bonds is 6. The van der Waals surface area contributed by atoms with Gasteiger partial charge in [-0.3, -0.25) is 0 Å². The number of ether oxygens (including phenoxy) is 2. The molecule has 0 fully saturated rings. The fourth-order valence-electron chi connectivity index (χ4n) is 1.46. The summed E-state index contributed by atoms with van der Waals surface area (Å²) in [5.74, 6) is 1.34. The third-order valence-electron chi connectivity index (χ3n) is 2.15. The predicted molar refractivity (Wildman–Crippen MR) is 61.8 cm³/mol. The Bertz CT molecular complexity index is 329. The summed E-state index contributed by atoms with van der Waals surface area (Å²) in [6.45, 7) is 1.47. The highest BCUT2D eigenvalue weighted by atomic mass is 19.1. The average molecular weight is 227 g/mol. The molecule has 0 saturated carbocycles. The van der Waals surface area contributed by atoms with Crippen molar-refractivity contribution in [2.75, 3.05) is 20.4 Å². The minimum Gasteiger partial charge on any atom is -0.497 e. The number of halogens is 1. The summed E-state index contributed by atoms with van der Waals surface area (Å²) in [5, 5.41) is 0. The van der Waals surface area contributed by atoms with Crippen molar-refractivity contribution >= 4 is 0 Å². The molecule has 0 aliphatic rings. The van der Waals surface area contributed by atoms with Gasteiger partial charge in [-0.15, -0.1) is 0 Å². The van der Waals surface area contributed by atoms with E-state index in [9.17, 15) is 4.39 Å². The van der Waals surface area contributed by atoms with E-state index in [0.717, 1.165) is 5.56 Å². The van der Waals surface area contributed by atoms with Crippen molar-refractivity contribution in [1.29, 1.82) is 0 Å². The largest absolute Gasteiger partial charge is 0.497 e. The van der Waals surface area contributed by atoms with Crippen molar-refractivity contribution in [1.82, 2.24) is 0 Å². The van der Waals surface area contributed by atoms with E-state index in [1.165, 1.54) is 0 Å². The van der Waals surface area contributed by atoms with Gasteiger partial charge in [0.1, 0.15) is 24.8 Å². The number of methoxy groups -OCH3 is 1. The molecule has 0 aromatic heterocycles. The van der Waals surface area contributed by atoms with E-state index in [0.29, 0.717) is 17.9 Å². The number of hydrogen-bond acceptors (Lipinski definition) is 3. The van der Waals surface area contributed by atoms with Gasteiger partial charge in [-0.25, -0.2) is 4.39 Å². The van der Waals surface area contributed by atoms with Crippen LogP contribution in [0.15, 0.2) is 18.2 Å². The number of alkyl halides is 1. The van der Waals surface area contributed by atoms with Crippen LogP contribution < -0.4 is 15.2 Å². The molecule has 3 nitrogen and oxygen atoms in total. The van der Waals surface area contributed by atoms with Gasteiger partial charge >= 0.3 is 0 Å². The Kier molecular flexibility index (Phi) is 5.05. The lowest BCUT2D eigenvalue weighted by Crippen LogP contribution is -2.18. The minimum absolute atomic E-state index is 0.0427. The van der Waals surface area contributed by atoms with Crippen LogP contribution in [0, 0.1) is 0 Å². The Hall–Kier alpha value is -1.29. The summed E-state index contributed by atoms with van der Waals surface area (Å²) in [6, 6.07) is 5.55. The first-order valence-electron chi connectivity index (χ1n) is 5.28. The van der Waals surface area contributed by atoms with Crippen molar-refractivity contribution in [2.45, 2.75) is 19.4 Å². The van der Waals surface area contributed by atoms with Crippen molar-refractivity contribution < 1.29 is 13.9 Å². The van der Waals surface area contributed by atoms with Gasteiger partial charge in [0, 0.05) is 12.1 Å². The van der Waals surface area contributed by atoms with Gasteiger partial charge in [-0.05, 0) is 25.0 Å². The third kappa shape index (κ3) is 3.70. The zero-order valence-corrected chi connectivity index (χ0v) is 9.70. The first kappa shape index (κ1) is 12.8. The van der Waals surface area contributed by atoms with E-state index >= 15 is 0 Å². The van der Waals surface area contributed by atoms with Gasteiger partial charge in [-0.2, -0.15) is 0 Å². The molecular weight excluding hydrogens is 209 g/mol. The molecule has 0 aliphatic carbocycles. The molecule has 1 aromatic carbocycles. The molecule has 0 radical (unpaired) electrons. The van der Waals surface area contributed by atoms with Crippen LogP contribution in [-0.2, 0) is 6.42 Å². The van der Waals surface area contributed by atoms with Crippen LogP contribution in [0.1, 0.15) is 12.5 Å². The summed E-state index contributed by atoms with van der Waals surface area (Å²) in [6.07, 6.45) is 0.700. The third-order valence-corrected chi connectivity index (χ3v) is 2.15. The molecule has 0 bridgehead atoms. The van der Waals surface area contributed by atoms with Crippen LogP contribution in [-0.4, -0.2) is 26.4 Å². The number of hydrogen-bond donors (Lipinski definition) is 1. The molecule has 0 spiro atoms. The molecule has 4 heteroatoms. The summed E-state index contributed by atoms with van der Waals surface area (Å²) in [4.78, 5) is 0. The predicted octanol–water partition coefficient (Wildman–Crippen LogP) is 1.93. The van der Waals surface area contributed by atoms with E-state index in [2.05, 4.69) is 0 Å². The van der Waals surface area contributed by atoms with Crippen molar-refractivity contribution in [2.24, 2.45) is 5.73 Å². The quantitative estimate of drug-likeness (QED) is 0.807. The Balaban J connectivity index is 2.87. The van der Waals surface area contributed by atoms with Crippen molar-refractivity contribution in [3.05, 3.63) is 23.8 Å². The molecule has 0 amide bonds. The standard InChI is InChI=1S/C12H18FNO2/c1-9(14)7-10-3-4-11(15-2)8-12(10)16-6-5-13/h3-4,8-9H,5-7,14H2,1-2H3. The zero-order valence-electron chi connectivity index (χ0n) is 9.70. The molecule has 0 saturated heterocycles. The first-order chi connectivity index (χ1) is 7.67. The second kappa shape index (κ2) is 6.33. The number of benzene rings is 1. The number of nitrogens with two attached hydrogens (primary N) is 1. The lowest BCUT2D eigenvalue weighted by Gasteiger charge is -2.13. The SMILES string of the molecule is COc1ccc(CC(C)N)c(OCCF)c1. The molecule has 1 unspecified atom stereocenters. The van der Waals surface area contributed by atoms with E-state index < -0.39 is 6.67 Å². The average Bonchev–Trinajstić information content (AvgIpc) is 2.27. The zero-order chi connectivity index (χ0) is 12.0. The Morgan fingerprint density at radius 1 is 1.44 bits per heavy atom. The molecule has 0 heterocycles. The van der Waals surface area contributed by atoms with Crippen LogP contribution in [0.2, 0.25) is 0 Å². The van der Waals surface area contributed by atoms with E-state index in [1.54, 1.807) is 13.2 Å². The summed E-state index contributed by atoms with van der Waals surface area (Å²) in [7, 11) is 1.58. The second-order valence-electron chi connectivity index (χ2n) is 3.69. The van der Waals surface area contributed by atoms with Gasteiger partial charge < -0.3 is 15.2 Å². The highest BCUT2D eigenvalue weighted by molar-refractivity contribution is 5.41. The van der Waals surface area contributed by atoms with Gasteiger partial charge in [0.05, 0.1) is 7.11 Å². The van der Waals surface area contributed by atoms with Crippen LogP contribution in [0.3, 0.4) is 0 Å². The van der Waals surface area contributed by atoms with E-state index in [1.807, 2.05) is 19.1 Å². The van der Waals surface area contributed by atoms with Crippen molar-refractivity contribution in [3.63, 3.8) is 0 Å². The monoisotopic (exact) mass is 227 g/mol. The maximum atomic E-state index is 12.1. The summed E-state index contributed by atoms with van der Waals surface area (Å²) >= 11 is 0. The Morgan fingerprint density at radius 2 is 2.19 bits per heavy atom. The highest BCUT2D eigenvalue weighted by Gasteiger charge is 2.07. The van der Waals surface area contributed by atoms with Gasteiger partial charge in [0.25, 0.3) is 0 Å². The normalized spacial score (nSPS) is 12.2. The lowest BCUT2D eigenvalue weighted by molar-refractivity contribution is 0.269. The van der Waals surface area contributed by atoms with E-state index in [-0.39, 0.29) is 12.6 Å². The fraction of sp³-hybridized carbons (Fsp3) is 0.500. The summed E-state index contributed by atoms with van der Waals surface area (Å²) < 4.78 is 22.5. The fourth-order valence-corrected chi connectivity index (χ4v) is 1.46. The van der Waals surface area contributed by atoms with Crippen LogP contribution >= 0.6 is 0 Å². The smallest absolute Gasteiger partial charge is 0.126 e. The maximum Gasteiger partial charge on any atom is 0.126 e. The lowest BCUT2D eigenvalue weighted by atomic mass is 10.1. The van der Waals surface area contributed by atoms with Crippen LogP contribution in [0.25, 0.3) is 0 Å². The van der Waals surface area contributed by atoms with Gasteiger partial charge in [-0.1, -0.05) is 6.07 Å². The van der Waals surface area contributed by atoms with Crippen molar-refractivity contribution in [3.8, 4) is 11.5 Å². The molecule has 2 N–H and O–H groups in total. The molecule has 16 heavy (non-hydrogen) atoms. The molecule has 0 aliphatic heterocycles. The Labute approximate surface area is 95.4 Å². The first-order valence-corrected chi connectivity index (χ1v) is 5.28. The highest BCUT2D eigenvalue weighted by Crippen LogP contribution is 2.25.